The van der Waals surface area contributed by atoms with Crippen LogP contribution in [0.3, 0.4) is 0 Å². The molecular formula is C18H17ClF3N3O2S2. The summed E-state index contributed by atoms with van der Waals surface area (Å²) in [5.74, 6) is 0. The van der Waals surface area contributed by atoms with Crippen LogP contribution in [0.15, 0.2) is 53.4 Å². The van der Waals surface area contributed by atoms with Crippen molar-refractivity contribution in [3.8, 4) is 0 Å². The Morgan fingerprint density at radius 2 is 1.59 bits per heavy atom. The summed E-state index contributed by atoms with van der Waals surface area (Å²) in [5, 5.41) is 3.18. The van der Waals surface area contributed by atoms with Gasteiger partial charge in [0.25, 0.3) is 0 Å². The second-order valence-corrected chi connectivity index (χ2v) is 9.08. The minimum absolute atomic E-state index is 0.116. The van der Waals surface area contributed by atoms with Crippen LogP contribution in [0.2, 0.25) is 5.02 Å². The molecule has 29 heavy (non-hydrogen) atoms. The van der Waals surface area contributed by atoms with Crippen molar-refractivity contribution in [2.24, 2.45) is 0 Å². The molecule has 5 nitrogen and oxygen atoms in total. The van der Waals surface area contributed by atoms with E-state index in [4.69, 9.17) is 23.8 Å². The van der Waals surface area contributed by atoms with Crippen LogP contribution < -0.4 is 5.32 Å². The fourth-order valence-corrected chi connectivity index (χ4v) is 4.76. The number of piperazine rings is 1. The molecule has 1 aliphatic heterocycles. The number of thiocarbonyl (C=S) groups is 1. The van der Waals surface area contributed by atoms with E-state index in [2.05, 4.69) is 5.32 Å². The predicted molar refractivity (Wildman–Crippen MR) is 109 cm³/mol. The Hall–Kier alpha value is -1.88. The number of alkyl halides is 3. The van der Waals surface area contributed by atoms with E-state index in [-0.39, 0.29) is 41.9 Å². The monoisotopic (exact) mass is 463 g/mol. The highest BCUT2D eigenvalue weighted by molar-refractivity contribution is 7.89. The third-order valence-corrected chi connectivity index (χ3v) is 6.98. The molecule has 0 aliphatic carbocycles. The first-order chi connectivity index (χ1) is 13.6. The minimum atomic E-state index is -4.51. The summed E-state index contributed by atoms with van der Waals surface area (Å²) in [5.41, 5.74) is -0.951. The van der Waals surface area contributed by atoms with Crippen molar-refractivity contribution in [1.82, 2.24) is 9.21 Å². The fraction of sp³-hybridized carbons (Fsp3) is 0.278. The van der Waals surface area contributed by atoms with Gasteiger partial charge < -0.3 is 10.2 Å². The number of nitrogens with one attached hydrogen (secondary N) is 1. The molecule has 1 fully saturated rings. The molecule has 0 spiro atoms. The van der Waals surface area contributed by atoms with Gasteiger partial charge in [0.05, 0.1) is 16.1 Å². The molecule has 1 aliphatic rings. The zero-order valence-corrected chi connectivity index (χ0v) is 17.4. The van der Waals surface area contributed by atoms with Crippen molar-refractivity contribution >= 4 is 44.6 Å². The van der Waals surface area contributed by atoms with E-state index in [1.807, 2.05) is 0 Å². The van der Waals surface area contributed by atoms with E-state index in [1.54, 1.807) is 4.90 Å². The van der Waals surface area contributed by atoms with Crippen LogP contribution in [0.5, 0.6) is 0 Å². The van der Waals surface area contributed by atoms with Crippen molar-refractivity contribution in [3.05, 3.63) is 59.1 Å². The molecule has 0 bridgehead atoms. The summed E-state index contributed by atoms with van der Waals surface area (Å²) in [6.45, 7) is 0.834. The number of nitrogens with zero attached hydrogens (tertiary/aromatic N) is 2. The molecular weight excluding hydrogens is 447 g/mol. The van der Waals surface area contributed by atoms with Gasteiger partial charge in [0.1, 0.15) is 0 Å². The molecule has 0 unspecified atom stereocenters. The summed E-state index contributed by atoms with van der Waals surface area (Å²) in [7, 11) is -3.68. The van der Waals surface area contributed by atoms with Gasteiger partial charge in [-0.3, -0.25) is 0 Å². The average Bonchev–Trinajstić information content (AvgIpc) is 2.68. The largest absolute Gasteiger partial charge is 0.418 e. The Labute approximate surface area is 177 Å². The highest BCUT2D eigenvalue weighted by atomic mass is 35.5. The maximum absolute atomic E-state index is 13.1. The van der Waals surface area contributed by atoms with Crippen LogP contribution in [0.4, 0.5) is 18.9 Å². The van der Waals surface area contributed by atoms with Gasteiger partial charge in [0.15, 0.2) is 5.11 Å². The highest BCUT2D eigenvalue weighted by Crippen LogP contribution is 2.34. The SMILES string of the molecule is O=S(=O)(c1ccc(Cl)cc1)N1CCN(C(=S)Nc2ccccc2C(F)(F)F)CC1. The van der Waals surface area contributed by atoms with E-state index < -0.39 is 21.8 Å². The van der Waals surface area contributed by atoms with Gasteiger partial charge in [0, 0.05) is 31.2 Å². The third-order valence-electron chi connectivity index (χ3n) is 4.45. The van der Waals surface area contributed by atoms with Crippen LogP contribution in [0, 0.1) is 0 Å². The predicted octanol–water partition coefficient (Wildman–Crippen LogP) is 4.06. The number of anilines is 1. The molecule has 1 saturated heterocycles. The summed E-state index contributed by atoms with van der Waals surface area (Å²) >= 11 is 11.0. The number of halogens is 4. The minimum Gasteiger partial charge on any atom is -0.346 e. The normalized spacial score (nSPS) is 15.9. The van der Waals surface area contributed by atoms with Gasteiger partial charge in [-0.2, -0.15) is 17.5 Å². The highest BCUT2D eigenvalue weighted by Gasteiger charge is 2.34. The summed E-state index contributed by atoms with van der Waals surface area (Å²) < 4.78 is 66.1. The number of rotatable bonds is 3. The maximum Gasteiger partial charge on any atom is 0.418 e. The van der Waals surface area contributed by atoms with E-state index in [9.17, 15) is 21.6 Å². The Bertz CT molecular complexity index is 990. The first-order valence-corrected chi connectivity index (χ1v) is 10.8. The lowest BCUT2D eigenvalue weighted by atomic mass is 10.1. The zero-order valence-electron chi connectivity index (χ0n) is 15.0. The van der Waals surface area contributed by atoms with E-state index >= 15 is 0 Å². The van der Waals surface area contributed by atoms with Gasteiger partial charge in [-0.05, 0) is 48.6 Å². The molecule has 0 atom stereocenters. The molecule has 2 aromatic carbocycles. The Morgan fingerprint density at radius 1 is 1.00 bits per heavy atom. The van der Waals surface area contributed by atoms with Crippen LogP contribution in [0.25, 0.3) is 0 Å². The first kappa shape index (κ1) is 21.8. The van der Waals surface area contributed by atoms with Gasteiger partial charge in [0.2, 0.25) is 10.0 Å². The lowest BCUT2D eigenvalue weighted by Gasteiger charge is -2.35. The Balaban J connectivity index is 1.65. The Kier molecular flexibility index (Phi) is 6.37. The molecule has 156 valence electrons. The molecule has 11 heteroatoms. The maximum atomic E-state index is 13.1. The smallest absolute Gasteiger partial charge is 0.346 e. The second kappa shape index (κ2) is 8.47. The fourth-order valence-electron chi connectivity index (χ4n) is 2.92. The topological polar surface area (TPSA) is 52.7 Å². The summed E-state index contributed by atoms with van der Waals surface area (Å²) in [4.78, 5) is 1.78. The Morgan fingerprint density at radius 3 is 2.17 bits per heavy atom. The molecule has 0 aromatic heterocycles. The number of para-hydroxylation sites is 1. The van der Waals surface area contributed by atoms with Gasteiger partial charge in [-0.25, -0.2) is 8.42 Å². The second-order valence-electron chi connectivity index (χ2n) is 6.32. The molecule has 0 radical (unpaired) electrons. The molecule has 2 aromatic rings. The first-order valence-electron chi connectivity index (χ1n) is 8.57. The molecule has 0 saturated carbocycles. The van der Waals surface area contributed by atoms with E-state index in [0.717, 1.165) is 6.07 Å². The molecule has 3 rings (SSSR count). The van der Waals surface area contributed by atoms with Crippen LogP contribution in [0.1, 0.15) is 5.56 Å². The van der Waals surface area contributed by atoms with Crippen molar-refractivity contribution in [2.75, 3.05) is 31.5 Å². The standard InChI is InChI=1S/C18H17ClF3N3O2S2/c19-13-5-7-14(8-6-13)29(26,27)25-11-9-24(10-12-25)17(28)23-16-4-2-1-3-15(16)18(20,21)22/h1-8H,9-12H2,(H,23,28). The molecule has 0 amide bonds. The lowest BCUT2D eigenvalue weighted by molar-refractivity contribution is -0.136. The van der Waals surface area contributed by atoms with Crippen molar-refractivity contribution in [2.45, 2.75) is 11.1 Å². The van der Waals surface area contributed by atoms with Gasteiger partial charge in [-0.15, -0.1) is 0 Å². The molecule has 1 N–H and O–H groups in total. The van der Waals surface area contributed by atoms with Gasteiger partial charge in [-0.1, -0.05) is 23.7 Å². The van der Waals surface area contributed by atoms with Crippen LogP contribution in [-0.2, 0) is 16.2 Å². The van der Waals surface area contributed by atoms with E-state index in [1.165, 1.54) is 46.8 Å². The number of hydrogen-bond donors (Lipinski definition) is 1. The van der Waals surface area contributed by atoms with Gasteiger partial charge >= 0.3 is 6.18 Å². The third kappa shape index (κ3) is 5.00. The van der Waals surface area contributed by atoms with Crippen molar-refractivity contribution in [3.63, 3.8) is 0 Å². The summed E-state index contributed by atoms with van der Waals surface area (Å²) in [6.07, 6.45) is -4.51. The zero-order chi connectivity index (χ0) is 21.2. The molecule has 1 heterocycles. The summed E-state index contributed by atoms with van der Waals surface area (Å²) in [6, 6.07) is 10.9. The number of benzene rings is 2. The number of sulfonamides is 1. The quantitative estimate of drug-likeness (QED) is 0.696. The number of hydrogen-bond acceptors (Lipinski definition) is 3. The van der Waals surface area contributed by atoms with Crippen LogP contribution >= 0.6 is 23.8 Å². The average molecular weight is 464 g/mol. The lowest BCUT2D eigenvalue weighted by Crippen LogP contribution is -2.51. The van der Waals surface area contributed by atoms with Crippen molar-refractivity contribution in [1.29, 1.82) is 0 Å². The van der Waals surface area contributed by atoms with Crippen LogP contribution in [-0.4, -0.2) is 48.9 Å². The van der Waals surface area contributed by atoms with E-state index in [0.29, 0.717) is 5.02 Å². The van der Waals surface area contributed by atoms with Crippen molar-refractivity contribution < 1.29 is 21.6 Å².